The van der Waals surface area contributed by atoms with E-state index in [1.807, 2.05) is 30.3 Å². The lowest BCUT2D eigenvalue weighted by Crippen LogP contribution is -2.25. The Bertz CT molecular complexity index is 1150. The van der Waals surface area contributed by atoms with Gasteiger partial charge in [-0.1, -0.05) is 30.3 Å². The van der Waals surface area contributed by atoms with Gasteiger partial charge in [0, 0.05) is 29.7 Å². The SMILES string of the molecule is N#Cc1cc2c(cc1Oc1ccc(C(=O)NCCc3ccccc3)cc1)OCCC2C(O)O. The molecule has 0 saturated heterocycles. The number of nitriles is 1. The minimum atomic E-state index is -1.53. The number of carbonyl (C=O) groups excluding carboxylic acids is 1. The number of benzene rings is 3. The minimum absolute atomic E-state index is 0.175. The topological polar surface area (TPSA) is 112 Å². The second kappa shape index (κ2) is 10.2. The monoisotopic (exact) mass is 444 g/mol. The highest BCUT2D eigenvalue weighted by molar-refractivity contribution is 5.94. The summed E-state index contributed by atoms with van der Waals surface area (Å²) < 4.78 is 11.5. The number of nitrogens with zero attached hydrogens (tertiary/aromatic N) is 1. The largest absolute Gasteiger partial charge is 0.493 e. The molecule has 0 bridgehead atoms. The molecule has 3 aromatic rings. The molecule has 1 unspecified atom stereocenters. The van der Waals surface area contributed by atoms with Crippen LogP contribution in [0, 0.1) is 11.3 Å². The average Bonchev–Trinajstić information content (AvgIpc) is 2.84. The fourth-order valence-corrected chi connectivity index (χ4v) is 3.79. The summed E-state index contributed by atoms with van der Waals surface area (Å²) in [5, 5.41) is 31.7. The molecule has 1 aliphatic rings. The Morgan fingerprint density at radius 1 is 1.15 bits per heavy atom. The number of hydrogen-bond donors (Lipinski definition) is 3. The van der Waals surface area contributed by atoms with E-state index in [0.29, 0.717) is 47.9 Å². The first-order chi connectivity index (χ1) is 16.0. The lowest BCUT2D eigenvalue weighted by Gasteiger charge is -2.27. The first-order valence-electron chi connectivity index (χ1n) is 10.7. The highest BCUT2D eigenvalue weighted by atomic mass is 16.5. The van der Waals surface area contributed by atoms with Crippen LogP contribution >= 0.6 is 0 Å². The number of amides is 1. The molecule has 0 aliphatic carbocycles. The van der Waals surface area contributed by atoms with Crippen molar-refractivity contribution in [3.8, 4) is 23.3 Å². The molecule has 0 aromatic heterocycles. The maximum Gasteiger partial charge on any atom is 0.251 e. The lowest BCUT2D eigenvalue weighted by molar-refractivity contribution is -0.0675. The Labute approximate surface area is 191 Å². The highest BCUT2D eigenvalue weighted by Crippen LogP contribution is 2.40. The molecule has 1 heterocycles. The van der Waals surface area contributed by atoms with Crippen LogP contribution in [0.5, 0.6) is 17.2 Å². The Balaban J connectivity index is 1.42. The summed E-state index contributed by atoms with van der Waals surface area (Å²) in [5.41, 5.74) is 2.49. The second-order valence-corrected chi connectivity index (χ2v) is 7.77. The van der Waals surface area contributed by atoms with Gasteiger partial charge in [-0.25, -0.2) is 0 Å². The molecule has 7 heteroatoms. The zero-order valence-corrected chi connectivity index (χ0v) is 17.9. The molecule has 7 nitrogen and oxygen atoms in total. The van der Waals surface area contributed by atoms with Gasteiger partial charge in [-0.2, -0.15) is 5.26 Å². The van der Waals surface area contributed by atoms with Crippen molar-refractivity contribution in [2.75, 3.05) is 13.2 Å². The van der Waals surface area contributed by atoms with Gasteiger partial charge in [0.05, 0.1) is 12.2 Å². The third-order valence-corrected chi connectivity index (χ3v) is 5.56. The van der Waals surface area contributed by atoms with E-state index < -0.39 is 12.2 Å². The molecule has 33 heavy (non-hydrogen) atoms. The van der Waals surface area contributed by atoms with E-state index in [-0.39, 0.29) is 11.5 Å². The van der Waals surface area contributed by atoms with E-state index in [9.17, 15) is 20.3 Å². The van der Waals surface area contributed by atoms with Crippen LogP contribution in [0.15, 0.2) is 66.7 Å². The van der Waals surface area contributed by atoms with Gasteiger partial charge in [-0.05, 0) is 48.7 Å². The van der Waals surface area contributed by atoms with Crippen LogP contribution in [0.3, 0.4) is 0 Å². The molecule has 1 amide bonds. The first-order valence-corrected chi connectivity index (χ1v) is 10.7. The Morgan fingerprint density at radius 3 is 2.61 bits per heavy atom. The summed E-state index contributed by atoms with van der Waals surface area (Å²) in [7, 11) is 0. The van der Waals surface area contributed by atoms with Gasteiger partial charge in [0.15, 0.2) is 6.29 Å². The maximum absolute atomic E-state index is 12.4. The van der Waals surface area contributed by atoms with Crippen LogP contribution in [-0.4, -0.2) is 35.6 Å². The zero-order valence-electron chi connectivity index (χ0n) is 17.9. The van der Waals surface area contributed by atoms with E-state index in [0.717, 1.165) is 12.0 Å². The van der Waals surface area contributed by atoms with E-state index in [2.05, 4.69) is 11.4 Å². The van der Waals surface area contributed by atoms with Gasteiger partial charge in [0.1, 0.15) is 23.3 Å². The number of nitrogens with one attached hydrogen (secondary N) is 1. The molecule has 4 rings (SSSR count). The van der Waals surface area contributed by atoms with Crippen molar-refractivity contribution in [2.24, 2.45) is 0 Å². The number of carbonyl (C=O) groups is 1. The standard InChI is InChI=1S/C26H24N2O5/c27-16-19-14-22-21(26(30)31)11-13-32-24(22)15-23(19)33-20-8-6-18(7-9-20)25(29)28-12-10-17-4-2-1-3-5-17/h1-9,14-15,21,26,30-31H,10-13H2,(H,28,29). The first kappa shape index (κ1) is 22.3. The van der Waals surface area contributed by atoms with Gasteiger partial charge in [-0.3, -0.25) is 4.79 Å². The summed E-state index contributed by atoms with van der Waals surface area (Å²) in [5.74, 6) is 0.523. The quantitative estimate of drug-likeness (QED) is 0.481. The molecule has 0 spiro atoms. The number of ether oxygens (including phenoxy) is 2. The predicted molar refractivity (Wildman–Crippen MR) is 121 cm³/mol. The highest BCUT2D eigenvalue weighted by Gasteiger charge is 2.28. The molecule has 0 radical (unpaired) electrons. The molecule has 3 N–H and O–H groups in total. The van der Waals surface area contributed by atoms with Crippen LogP contribution in [0.25, 0.3) is 0 Å². The van der Waals surface area contributed by atoms with E-state index in [1.165, 1.54) is 0 Å². The molecular formula is C26H24N2O5. The average molecular weight is 444 g/mol. The normalized spacial score (nSPS) is 14.7. The number of fused-ring (bicyclic) bond motifs is 1. The number of hydrogen-bond acceptors (Lipinski definition) is 6. The van der Waals surface area contributed by atoms with Crippen LogP contribution in [0.2, 0.25) is 0 Å². The molecule has 1 aliphatic heterocycles. The molecular weight excluding hydrogens is 420 g/mol. The second-order valence-electron chi connectivity index (χ2n) is 7.77. The Kier molecular flexibility index (Phi) is 6.89. The van der Waals surface area contributed by atoms with Crippen molar-refractivity contribution in [2.45, 2.75) is 25.0 Å². The van der Waals surface area contributed by atoms with Gasteiger partial charge < -0.3 is 25.0 Å². The molecule has 1 atom stereocenters. The van der Waals surface area contributed by atoms with Crippen LogP contribution in [0.4, 0.5) is 0 Å². The summed E-state index contributed by atoms with van der Waals surface area (Å²) in [6.07, 6.45) is -0.332. The lowest BCUT2D eigenvalue weighted by atomic mass is 9.91. The van der Waals surface area contributed by atoms with Crippen molar-refractivity contribution in [3.05, 3.63) is 89.0 Å². The smallest absolute Gasteiger partial charge is 0.251 e. The van der Waals surface area contributed by atoms with Gasteiger partial charge >= 0.3 is 0 Å². The Morgan fingerprint density at radius 2 is 1.91 bits per heavy atom. The van der Waals surface area contributed by atoms with E-state index in [1.54, 1.807) is 36.4 Å². The van der Waals surface area contributed by atoms with Crippen molar-refractivity contribution in [1.82, 2.24) is 5.32 Å². The minimum Gasteiger partial charge on any atom is -0.493 e. The fourth-order valence-electron chi connectivity index (χ4n) is 3.79. The van der Waals surface area contributed by atoms with E-state index >= 15 is 0 Å². The molecule has 0 saturated carbocycles. The number of aliphatic hydroxyl groups excluding tert-OH is 1. The maximum atomic E-state index is 12.4. The van der Waals surface area contributed by atoms with Gasteiger partial charge in [0.25, 0.3) is 5.91 Å². The zero-order chi connectivity index (χ0) is 23.2. The molecule has 168 valence electrons. The van der Waals surface area contributed by atoms with Crippen molar-refractivity contribution < 1.29 is 24.5 Å². The van der Waals surface area contributed by atoms with Crippen molar-refractivity contribution in [1.29, 1.82) is 5.26 Å². The van der Waals surface area contributed by atoms with Crippen molar-refractivity contribution in [3.63, 3.8) is 0 Å². The third kappa shape index (κ3) is 5.32. The van der Waals surface area contributed by atoms with Crippen LogP contribution in [-0.2, 0) is 6.42 Å². The summed E-state index contributed by atoms with van der Waals surface area (Å²) in [4.78, 5) is 12.4. The predicted octanol–water partition coefficient (Wildman–Crippen LogP) is 3.50. The van der Waals surface area contributed by atoms with Crippen molar-refractivity contribution >= 4 is 5.91 Å². The molecule has 3 aromatic carbocycles. The van der Waals surface area contributed by atoms with Gasteiger partial charge in [-0.15, -0.1) is 0 Å². The third-order valence-electron chi connectivity index (χ3n) is 5.56. The number of aliphatic hydroxyl groups is 2. The van der Waals surface area contributed by atoms with Crippen LogP contribution < -0.4 is 14.8 Å². The van der Waals surface area contributed by atoms with Crippen LogP contribution in [0.1, 0.15) is 39.4 Å². The Hall–Kier alpha value is -3.86. The summed E-state index contributed by atoms with van der Waals surface area (Å²) in [6.45, 7) is 0.875. The summed E-state index contributed by atoms with van der Waals surface area (Å²) in [6, 6.07) is 21.8. The fraction of sp³-hybridized carbons (Fsp3) is 0.231. The van der Waals surface area contributed by atoms with Gasteiger partial charge in [0.2, 0.25) is 0 Å². The van der Waals surface area contributed by atoms with E-state index in [4.69, 9.17) is 9.47 Å². The summed E-state index contributed by atoms with van der Waals surface area (Å²) >= 11 is 0. The molecule has 0 fully saturated rings. The number of rotatable bonds is 7.